The van der Waals surface area contributed by atoms with Crippen molar-refractivity contribution in [2.75, 3.05) is 13.2 Å². The lowest BCUT2D eigenvalue weighted by Crippen LogP contribution is -2.30. The van der Waals surface area contributed by atoms with Crippen LogP contribution in [-0.4, -0.2) is 37.2 Å². The van der Waals surface area contributed by atoms with Gasteiger partial charge in [0.05, 0.1) is 0 Å². The van der Waals surface area contributed by atoms with E-state index in [1.54, 1.807) is 0 Å². The second-order valence-electron chi connectivity index (χ2n) is 20.2. The van der Waals surface area contributed by atoms with Crippen LogP contribution < -0.4 is 0 Å². The predicted molar refractivity (Wildman–Crippen MR) is 307 cm³/mol. The summed E-state index contributed by atoms with van der Waals surface area (Å²) in [6.45, 7) is 6.51. The van der Waals surface area contributed by atoms with Crippen molar-refractivity contribution >= 4 is 17.9 Å². The minimum Gasteiger partial charge on any atom is -0.462 e. The van der Waals surface area contributed by atoms with Crippen molar-refractivity contribution in [3.05, 3.63) is 72.9 Å². The van der Waals surface area contributed by atoms with Crippen LogP contribution in [0.3, 0.4) is 0 Å². The van der Waals surface area contributed by atoms with Gasteiger partial charge in [0.2, 0.25) is 0 Å². The molecule has 0 aliphatic heterocycles. The second-order valence-corrected chi connectivity index (χ2v) is 20.2. The van der Waals surface area contributed by atoms with E-state index in [2.05, 4.69) is 93.7 Å². The molecular formula is C65H114O6. The first kappa shape index (κ1) is 67.8. The highest BCUT2D eigenvalue weighted by atomic mass is 16.6. The summed E-state index contributed by atoms with van der Waals surface area (Å²) < 4.78 is 16.9. The quantitative estimate of drug-likeness (QED) is 0.0261. The van der Waals surface area contributed by atoms with Crippen LogP contribution in [0.1, 0.15) is 303 Å². The molecule has 0 heterocycles. The first-order valence-corrected chi connectivity index (χ1v) is 30.4. The van der Waals surface area contributed by atoms with Gasteiger partial charge in [0.15, 0.2) is 6.10 Å². The number of hydrogen-bond donors (Lipinski definition) is 0. The van der Waals surface area contributed by atoms with Gasteiger partial charge in [0, 0.05) is 19.3 Å². The monoisotopic (exact) mass is 991 g/mol. The number of esters is 3. The molecule has 71 heavy (non-hydrogen) atoms. The number of rotatable bonds is 55. The third-order valence-corrected chi connectivity index (χ3v) is 13.2. The summed E-state index contributed by atoms with van der Waals surface area (Å²) in [5.74, 6) is -0.884. The van der Waals surface area contributed by atoms with Gasteiger partial charge in [-0.3, -0.25) is 14.4 Å². The van der Waals surface area contributed by atoms with E-state index in [-0.39, 0.29) is 31.1 Å². The van der Waals surface area contributed by atoms with Crippen molar-refractivity contribution in [2.45, 2.75) is 309 Å². The summed E-state index contributed by atoms with van der Waals surface area (Å²) in [7, 11) is 0. The molecule has 410 valence electrons. The highest BCUT2D eigenvalue weighted by molar-refractivity contribution is 5.71. The fraction of sp³-hybridized carbons (Fsp3) is 0.769. The Balaban J connectivity index is 4.33. The smallest absolute Gasteiger partial charge is 0.306 e. The van der Waals surface area contributed by atoms with Gasteiger partial charge >= 0.3 is 17.9 Å². The number of unbranched alkanes of at least 4 members (excludes halogenated alkanes) is 32. The van der Waals surface area contributed by atoms with Crippen molar-refractivity contribution in [3.8, 4) is 0 Å². The molecule has 0 fully saturated rings. The SMILES string of the molecule is CC/C=C\C/C=C\C/C=C\C/C=C\CCCCCCCCCCCCC(=O)OCC(COC(=O)CCCCCCC/C=C\C/C=C\CCCC)OC(=O)CCCCCCCCCCCCCCCCCC. The Kier molecular flexibility index (Phi) is 56.8. The third-order valence-electron chi connectivity index (χ3n) is 13.2. The van der Waals surface area contributed by atoms with Crippen LogP contribution in [0.15, 0.2) is 72.9 Å². The normalized spacial score (nSPS) is 12.5. The van der Waals surface area contributed by atoms with Crippen LogP contribution in [0.4, 0.5) is 0 Å². The van der Waals surface area contributed by atoms with Gasteiger partial charge in [-0.05, 0) is 83.5 Å². The van der Waals surface area contributed by atoms with E-state index in [0.717, 1.165) is 103 Å². The maximum Gasteiger partial charge on any atom is 0.306 e. The van der Waals surface area contributed by atoms with Crippen molar-refractivity contribution in [2.24, 2.45) is 0 Å². The van der Waals surface area contributed by atoms with E-state index in [0.29, 0.717) is 19.3 Å². The van der Waals surface area contributed by atoms with Gasteiger partial charge in [-0.2, -0.15) is 0 Å². The molecule has 1 unspecified atom stereocenters. The summed E-state index contributed by atoms with van der Waals surface area (Å²) in [4.78, 5) is 38.2. The number of hydrogen-bond acceptors (Lipinski definition) is 6. The molecule has 6 nitrogen and oxygen atoms in total. The topological polar surface area (TPSA) is 78.9 Å². The highest BCUT2D eigenvalue weighted by Crippen LogP contribution is 2.16. The van der Waals surface area contributed by atoms with Gasteiger partial charge < -0.3 is 14.2 Å². The molecule has 0 N–H and O–H groups in total. The molecule has 6 heteroatoms. The van der Waals surface area contributed by atoms with Crippen molar-refractivity contribution in [3.63, 3.8) is 0 Å². The molecule has 0 aromatic heterocycles. The highest BCUT2D eigenvalue weighted by Gasteiger charge is 2.19. The van der Waals surface area contributed by atoms with Crippen LogP contribution in [0.5, 0.6) is 0 Å². The van der Waals surface area contributed by atoms with Crippen LogP contribution in [0.25, 0.3) is 0 Å². The zero-order chi connectivity index (χ0) is 51.4. The van der Waals surface area contributed by atoms with E-state index in [1.165, 1.54) is 161 Å². The number of carbonyl (C=O) groups excluding carboxylic acids is 3. The Hall–Kier alpha value is -3.15. The molecule has 0 rings (SSSR count). The Morgan fingerprint density at radius 3 is 0.901 bits per heavy atom. The Morgan fingerprint density at radius 1 is 0.296 bits per heavy atom. The van der Waals surface area contributed by atoms with Gasteiger partial charge in [-0.25, -0.2) is 0 Å². The van der Waals surface area contributed by atoms with E-state index in [4.69, 9.17) is 14.2 Å². The molecule has 0 amide bonds. The fourth-order valence-corrected chi connectivity index (χ4v) is 8.63. The molecule has 0 saturated carbocycles. The predicted octanol–water partition coefficient (Wildman–Crippen LogP) is 20.5. The van der Waals surface area contributed by atoms with Gasteiger partial charge in [-0.15, -0.1) is 0 Å². The fourth-order valence-electron chi connectivity index (χ4n) is 8.63. The minimum absolute atomic E-state index is 0.0795. The summed E-state index contributed by atoms with van der Waals surface area (Å²) in [5, 5.41) is 0. The molecule has 0 aromatic carbocycles. The summed E-state index contributed by atoms with van der Waals surface area (Å²) >= 11 is 0. The molecular weight excluding hydrogens is 877 g/mol. The first-order chi connectivity index (χ1) is 35.0. The average Bonchev–Trinajstić information content (AvgIpc) is 3.37. The van der Waals surface area contributed by atoms with Gasteiger partial charge in [0.1, 0.15) is 13.2 Å². The summed E-state index contributed by atoms with van der Waals surface area (Å²) in [6, 6.07) is 0. The van der Waals surface area contributed by atoms with Crippen molar-refractivity contribution in [1.82, 2.24) is 0 Å². The molecule has 0 aliphatic rings. The standard InChI is InChI=1S/C65H114O6/c1-4-7-10-13-16-19-22-25-28-30-31-32-33-34-35-36-38-40-43-46-49-52-55-58-64(67)70-61-62(60-69-63(66)57-54-51-48-45-42-39-27-24-21-18-15-12-9-6-3)71-65(68)59-56-53-50-47-44-41-37-29-26-23-20-17-14-11-8-5-2/h7,10,15-16,18-19,24-25,27-28,31-32,62H,4-6,8-9,11-14,17,20-23,26,29-30,33-61H2,1-3H3/b10-7-,18-15-,19-16-,27-24-,28-25-,32-31-. The molecule has 0 spiro atoms. The first-order valence-electron chi connectivity index (χ1n) is 30.4. The Labute approximate surface area is 440 Å². The lowest BCUT2D eigenvalue weighted by Gasteiger charge is -2.18. The summed E-state index contributed by atoms with van der Waals surface area (Å²) in [6.07, 6.45) is 76.1. The molecule has 0 radical (unpaired) electrons. The second kappa shape index (κ2) is 59.4. The Morgan fingerprint density at radius 2 is 0.563 bits per heavy atom. The van der Waals surface area contributed by atoms with Crippen LogP contribution in [0, 0.1) is 0 Å². The van der Waals surface area contributed by atoms with Crippen molar-refractivity contribution in [1.29, 1.82) is 0 Å². The zero-order valence-electron chi connectivity index (χ0n) is 47.0. The number of ether oxygens (including phenoxy) is 3. The van der Waals surface area contributed by atoms with E-state index in [9.17, 15) is 14.4 Å². The largest absolute Gasteiger partial charge is 0.462 e. The van der Waals surface area contributed by atoms with Crippen molar-refractivity contribution < 1.29 is 28.6 Å². The molecule has 0 aliphatic carbocycles. The van der Waals surface area contributed by atoms with E-state index < -0.39 is 6.10 Å². The molecule has 1 atom stereocenters. The maximum absolute atomic E-state index is 12.9. The van der Waals surface area contributed by atoms with Crippen LogP contribution in [0.2, 0.25) is 0 Å². The Bertz CT molecular complexity index is 1320. The average molecular weight is 992 g/mol. The minimum atomic E-state index is -0.781. The number of carbonyl (C=O) groups is 3. The third kappa shape index (κ3) is 57.6. The lowest BCUT2D eigenvalue weighted by molar-refractivity contribution is -0.167. The molecule has 0 aromatic rings. The van der Waals surface area contributed by atoms with E-state index >= 15 is 0 Å². The van der Waals surface area contributed by atoms with Crippen LogP contribution in [-0.2, 0) is 28.6 Å². The van der Waals surface area contributed by atoms with Gasteiger partial charge in [0.25, 0.3) is 0 Å². The molecule has 0 bridgehead atoms. The maximum atomic E-state index is 12.9. The molecule has 0 saturated heterocycles. The van der Waals surface area contributed by atoms with E-state index in [1.807, 2.05) is 0 Å². The zero-order valence-corrected chi connectivity index (χ0v) is 47.0. The summed E-state index contributed by atoms with van der Waals surface area (Å²) in [5.41, 5.74) is 0. The van der Waals surface area contributed by atoms with Crippen LogP contribution >= 0.6 is 0 Å². The van der Waals surface area contributed by atoms with Gasteiger partial charge in [-0.1, -0.05) is 273 Å². The number of allylic oxidation sites excluding steroid dienone is 12. The lowest BCUT2D eigenvalue weighted by atomic mass is 10.0.